The number of rotatable bonds is 1. The normalized spacial score (nSPS) is 12.2. The molecule has 1 aromatic rings. The minimum atomic E-state index is 0.108. The fraction of sp³-hybridized carbons (Fsp3) is 0.667. The van der Waals surface area contributed by atoms with Gasteiger partial charge in [0.25, 0.3) is 0 Å². The molecule has 0 saturated heterocycles. The Morgan fingerprint density at radius 2 is 1.79 bits per heavy atom. The van der Waals surface area contributed by atoms with E-state index in [0.29, 0.717) is 5.92 Å². The van der Waals surface area contributed by atoms with Gasteiger partial charge in [-0.2, -0.15) is 0 Å². The number of aromatic nitrogens is 2. The van der Waals surface area contributed by atoms with Crippen LogP contribution in [0.25, 0.3) is 0 Å². The quantitative estimate of drug-likeness (QED) is 0.683. The minimum absolute atomic E-state index is 0.108. The molecule has 0 aliphatic carbocycles. The van der Waals surface area contributed by atoms with Gasteiger partial charge in [-0.1, -0.05) is 34.6 Å². The van der Waals surface area contributed by atoms with Crippen molar-refractivity contribution in [2.24, 2.45) is 0 Å². The molecule has 78 valence electrons. The lowest BCUT2D eigenvalue weighted by Crippen LogP contribution is -2.17. The van der Waals surface area contributed by atoms with E-state index in [1.165, 1.54) is 5.56 Å². The molecule has 0 bridgehead atoms. The molecule has 1 rings (SSSR count). The fourth-order valence-corrected chi connectivity index (χ4v) is 1.49. The van der Waals surface area contributed by atoms with E-state index in [1.807, 2.05) is 6.20 Å². The molecule has 0 atom stereocenters. The number of aryl methyl sites for hydroxylation is 1. The molecule has 2 nitrogen and oxygen atoms in total. The highest BCUT2D eigenvalue weighted by molar-refractivity contribution is 5.23. The molecule has 0 aliphatic heterocycles. The molecular formula is C12H20N2. The van der Waals surface area contributed by atoms with Gasteiger partial charge < -0.3 is 0 Å². The second-order valence-electron chi connectivity index (χ2n) is 5.16. The maximum Gasteiger partial charge on any atom is 0.131 e. The largest absolute Gasteiger partial charge is 0.241 e. The maximum absolute atomic E-state index is 4.63. The van der Waals surface area contributed by atoms with Gasteiger partial charge in [-0.05, 0) is 12.5 Å². The van der Waals surface area contributed by atoms with Gasteiger partial charge in [-0.25, -0.2) is 9.97 Å². The SMILES string of the molecule is Cc1cnc(C(C)C)nc1C(C)(C)C. The Hall–Kier alpha value is -0.920. The van der Waals surface area contributed by atoms with E-state index in [4.69, 9.17) is 0 Å². The zero-order chi connectivity index (χ0) is 10.9. The Balaban J connectivity index is 3.22. The van der Waals surface area contributed by atoms with Crippen molar-refractivity contribution in [3.05, 3.63) is 23.3 Å². The number of hydrogen-bond acceptors (Lipinski definition) is 2. The van der Waals surface area contributed by atoms with E-state index in [9.17, 15) is 0 Å². The highest BCUT2D eigenvalue weighted by atomic mass is 14.9. The first-order valence-electron chi connectivity index (χ1n) is 5.16. The summed E-state index contributed by atoms with van der Waals surface area (Å²) in [5.41, 5.74) is 2.45. The van der Waals surface area contributed by atoms with Gasteiger partial charge in [0.2, 0.25) is 0 Å². The van der Waals surface area contributed by atoms with Crippen molar-refractivity contribution in [3.8, 4) is 0 Å². The molecule has 0 radical (unpaired) electrons. The lowest BCUT2D eigenvalue weighted by molar-refractivity contribution is 0.553. The van der Waals surface area contributed by atoms with Gasteiger partial charge >= 0.3 is 0 Å². The lowest BCUT2D eigenvalue weighted by Gasteiger charge is -2.21. The standard InChI is InChI=1S/C12H20N2/c1-8(2)11-13-7-9(3)10(14-11)12(4,5)6/h7-8H,1-6H3. The highest BCUT2D eigenvalue weighted by Gasteiger charge is 2.19. The Kier molecular flexibility index (Phi) is 2.93. The summed E-state index contributed by atoms with van der Waals surface area (Å²) in [6.45, 7) is 12.9. The van der Waals surface area contributed by atoms with Crippen LogP contribution in [0, 0.1) is 6.92 Å². The second-order valence-corrected chi connectivity index (χ2v) is 5.16. The third kappa shape index (κ3) is 2.31. The van der Waals surface area contributed by atoms with Crippen LogP contribution in [0.4, 0.5) is 0 Å². The first-order valence-corrected chi connectivity index (χ1v) is 5.16. The fourth-order valence-electron chi connectivity index (χ4n) is 1.49. The summed E-state index contributed by atoms with van der Waals surface area (Å²) in [7, 11) is 0. The van der Waals surface area contributed by atoms with Gasteiger partial charge in [0.15, 0.2) is 0 Å². The predicted octanol–water partition coefficient (Wildman–Crippen LogP) is 3.21. The van der Waals surface area contributed by atoms with Crippen LogP contribution in [-0.4, -0.2) is 9.97 Å². The van der Waals surface area contributed by atoms with Crippen LogP contribution in [0.3, 0.4) is 0 Å². The molecule has 1 heterocycles. The summed E-state index contributed by atoms with van der Waals surface area (Å²) in [6.07, 6.45) is 1.93. The van der Waals surface area contributed by atoms with Crippen molar-refractivity contribution >= 4 is 0 Å². The summed E-state index contributed by atoms with van der Waals surface area (Å²) in [4.78, 5) is 8.97. The van der Waals surface area contributed by atoms with Crippen molar-refractivity contribution < 1.29 is 0 Å². The average molecular weight is 192 g/mol. The van der Waals surface area contributed by atoms with E-state index >= 15 is 0 Å². The first-order chi connectivity index (χ1) is 6.32. The van der Waals surface area contributed by atoms with E-state index in [2.05, 4.69) is 51.5 Å². The molecule has 2 heteroatoms. The molecular weight excluding hydrogens is 172 g/mol. The van der Waals surface area contributed by atoms with Crippen LogP contribution >= 0.6 is 0 Å². The summed E-state index contributed by atoms with van der Waals surface area (Å²) in [6, 6.07) is 0. The Labute approximate surface area is 86.8 Å². The minimum Gasteiger partial charge on any atom is -0.241 e. The molecule has 0 N–H and O–H groups in total. The van der Waals surface area contributed by atoms with Crippen LogP contribution < -0.4 is 0 Å². The first kappa shape index (κ1) is 11.2. The van der Waals surface area contributed by atoms with Crippen molar-refractivity contribution in [1.82, 2.24) is 9.97 Å². The molecule has 0 saturated carbocycles. The summed E-state index contributed by atoms with van der Waals surface area (Å²) >= 11 is 0. The van der Waals surface area contributed by atoms with Crippen LogP contribution in [-0.2, 0) is 5.41 Å². The van der Waals surface area contributed by atoms with Crippen molar-refractivity contribution in [2.45, 2.75) is 52.9 Å². The molecule has 1 aromatic heterocycles. The number of hydrogen-bond donors (Lipinski definition) is 0. The smallest absolute Gasteiger partial charge is 0.131 e. The second kappa shape index (κ2) is 3.68. The van der Waals surface area contributed by atoms with E-state index in [1.54, 1.807) is 0 Å². The Morgan fingerprint density at radius 3 is 2.21 bits per heavy atom. The molecule has 0 unspecified atom stereocenters. The van der Waals surface area contributed by atoms with Crippen molar-refractivity contribution in [1.29, 1.82) is 0 Å². The van der Waals surface area contributed by atoms with Crippen LogP contribution in [0.1, 0.15) is 57.6 Å². The van der Waals surface area contributed by atoms with Gasteiger partial charge in [0.1, 0.15) is 5.82 Å². The third-order valence-electron chi connectivity index (χ3n) is 2.22. The predicted molar refractivity (Wildman–Crippen MR) is 59.6 cm³/mol. The monoisotopic (exact) mass is 192 g/mol. The van der Waals surface area contributed by atoms with Crippen LogP contribution in [0.2, 0.25) is 0 Å². The van der Waals surface area contributed by atoms with Crippen molar-refractivity contribution in [3.63, 3.8) is 0 Å². The summed E-state index contributed by atoms with van der Waals surface area (Å²) < 4.78 is 0. The number of nitrogens with zero attached hydrogens (tertiary/aromatic N) is 2. The molecule has 0 aromatic carbocycles. The average Bonchev–Trinajstić information content (AvgIpc) is 2.02. The molecule has 0 fully saturated rings. The van der Waals surface area contributed by atoms with E-state index in [-0.39, 0.29) is 5.41 Å². The topological polar surface area (TPSA) is 25.8 Å². The zero-order valence-electron chi connectivity index (χ0n) is 10.0. The van der Waals surface area contributed by atoms with Crippen molar-refractivity contribution in [2.75, 3.05) is 0 Å². The summed E-state index contributed by atoms with van der Waals surface area (Å²) in [5, 5.41) is 0. The van der Waals surface area contributed by atoms with Crippen LogP contribution in [0.15, 0.2) is 6.20 Å². The third-order valence-corrected chi connectivity index (χ3v) is 2.22. The zero-order valence-corrected chi connectivity index (χ0v) is 10.0. The molecule has 0 aliphatic rings. The summed E-state index contributed by atoms with van der Waals surface area (Å²) in [5.74, 6) is 1.34. The molecule has 0 amide bonds. The van der Waals surface area contributed by atoms with Gasteiger partial charge in [-0.3, -0.25) is 0 Å². The highest BCUT2D eigenvalue weighted by Crippen LogP contribution is 2.24. The van der Waals surface area contributed by atoms with Gasteiger partial charge in [0, 0.05) is 17.5 Å². The Morgan fingerprint density at radius 1 is 1.21 bits per heavy atom. The molecule has 0 spiro atoms. The maximum atomic E-state index is 4.63. The molecule has 14 heavy (non-hydrogen) atoms. The Bertz CT molecular complexity index is 322. The lowest BCUT2D eigenvalue weighted by atomic mass is 9.89. The van der Waals surface area contributed by atoms with Gasteiger partial charge in [0.05, 0.1) is 5.69 Å². The van der Waals surface area contributed by atoms with E-state index < -0.39 is 0 Å². The van der Waals surface area contributed by atoms with Crippen LogP contribution in [0.5, 0.6) is 0 Å². The van der Waals surface area contributed by atoms with E-state index in [0.717, 1.165) is 11.5 Å². The van der Waals surface area contributed by atoms with Gasteiger partial charge in [-0.15, -0.1) is 0 Å².